The fourth-order valence-corrected chi connectivity index (χ4v) is 3.58. The highest BCUT2D eigenvalue weighted by Crippen LogP contribution is 2.40. The number of likely N-dealkylation sites (tertiary alicyclic amines) is 1. The first kappa shape index (κ1) is 15.2. The Kier molecular flexibility index (Phi) is 4.03. The van der Waals surface area contributed by atoms with Gasteiger partial charge in [-0.2, -0.15) is 0 Å². The molecule has 1 aliphatic heterocycles. The van der Waals surface area contributed by atoms with Gasteiger partial charge in [0.05, 0.1) is 5.56 Å². The van der Waals surface area contributed by atoms with E-state index in [0.29, 0.717) is 13.1 Å². The molecule has 1 amide bonds. The highest BCUT2D eigenvalue weighted by molar-refractivity contribution is 6.29. The lowest BCUT2D eigenvalue weighted by Crippen LogP contribution is -2.29. The van der Waals surface area contributed by atoms with Crippen molar-refractivity contribution in [2.75, 3.05) is 18.4 Å². The van der Waals surface area contributed by atoms with Crippen molar-refractivity contribution >= 4 is 23.5 Å². The lowest BCUT2D eigenvalue weighted by Gasteiger charge is -2.19. The highest BCUT2D eigenvalue weighted by Gasteiger charge is 2.42. The summed E-state index contributed by atoms with van der Waals surface area (Å²) in [5.74, 6) is 0.590. The number of amides is 1. The summed E-state index contributed by atoms with van der Waals surface area (Å²) in [5, 5.41) is 19.3. The van der Waals surface area contributed by atoms with Crippen LogP contribution < -0.4 is 5.32 Å². The summed E-state index contributed by atoms with van der Waals surface area (Å²) in [5.41, 5.74) is -0.260. The molecule has 0 radical (unpaired) electrons. The third-order valence-electron chi connectivity index (χ3n) is 4.39. The number of hydrogen-bond donors (Lipinski definition) is 2. The number of carboxylic acid groups (broad SMARTS) is 1. The van der Waals surface area contributed by atoms with Crippen LogP contribution in [0.25, 0.3) is 0 Å². The average Bonchev–Trinajstić information content (AvgIpc) is 2.98. The monoisotopic (exact) mass is 332 g/mol. The molecule has 0 aromatic carbocycles. The number of anilines is 1. The number of halogens is 3. The molecule has 0 spiro atoms. The number of hydrogen-bond acceptors (Lipinski definition) is 4. The zero-order chi connectivity index (χ0) is 15.9. The molecular weight excluding hydrogens is 318 g/mol. The topological polar surface area (TPSA) is 78.4 Å². The zero-order valence-electron chi connectivity index (χ0n) is 11.5. The van der Waals surface area contributed by atoms with Gasteiger partial charge in [0.15, 0.2) is 11.0 Å². The second-order valence-corrected chi connectivity index (χ2v) is 6.18. The summed E-state index contributed by atoms with van der Waals surface area (Å²) in [6, 6.07) is 1.11. The van der Waals surface area contributed by atoms with Crippen LogP contribution in [0.5, 0.6) is 0 Å². The molecule has 0 unspecified atom stereocenters. The van der Waals surface area contributed by atoms with Crippen molar-refractivity contribution in [2.24, 2.45) is 11.8 Å². The molecule has 3 atom stereocenters. The molecule has 6 nitrogen and oxygen atoms in total. The Morgan fingerprint density at radius 1 is 1.36 bits per heavy atom. The molecule has 2 heterocycles. The molecule has 1 aromatic heterocycles. The summed E-state index contributed by atoms with van der Waals surface area (Å²) in [7, 11) is 0. The van der Waals surface area contributed by atoms with Crippen LogP contribution in [-0.4, -0.2) is 45.4 Å². The Morgan fingerprint density at radius 3 is 2.55 bits per heavy atom. The van der Waals surface area contributed by atoms with Crippen molar-refractivity contribution in [1.29, 1.82) is 0 Å². The van der Waals surface area contributed by atoms with Crippen LogP contribution in [0.2, 0.25) is 5.15 Å². The zero-order valence-corrected chi connectivity index (χ0v) is 12.3. The van der Waals surface area contributed by atoms with Gasteiger partial charge in [0.25, 0.3) is 6.43 Å². The summed E-state index contributed by atoms with van der Waals surface area (Å²) < 4.78 is 26.0. The van der Waals surface area contributed by atoms with Crippen LogP contribution in [0.15, 0.2) is 6.07 Å². The van der Waals surface area contributed by atoms with E-state index in [1.807, 2.05) is 0 Å². The summed E-state index contributed by atoms with van der Waals surface area (Å²) in [6.07, 6.45) is -2.11. The predicted octanol–water partition coefficient (Wildman–Crippen LogP) is 2.87. The van der Waals surface area contributed by atoms with Crippen LogP contribution in [0, 0.1) is 11.8 Å². The Balaban J connectivity index is 1.66. The van der Waals surface area contributed by atoms with E-state index < -0.39 is 12.5 Å². The van der Waals surface area contributed by atoms with Gasteiger partial charge in [-0.1, -0.05) is 11.6 Å². The van der Waals surface area contributed by atoms with Crippen molar-refractivity contribution < 1.29 is 18.7 Å². The number of nitrogens with zero attached hydrogens (tertiary/aromatic N) is 3. The molecule has 2 N–H and O–H groups in total. The van der Waals surface area contributed by atoms with E-state index in [9.17, 15) is 13.6 Å². The molecule has 1 saturated heterocycles. The van der Waals surface area contributed by atoms with Crippen LogP contribution >= 0.6 is 11.6 Å². The van der Waals surface area contributed by atoms with Crippen molar-refractivity contribution in [3.05, 3.63) is 16.8 Å². The average molecular weight is 333 g/mol. The molecule has 1 aromatic rings. The maximum absolute atomic E-state index is 13.0. The normalized spacial score (nSPS) is 27.3. The Hall–Kier alpha value is -1.70. The summed E-state index contributed by atoms with van der Waals surface area (Å²) >= 11 is 5.61. The van der Waals surface area contributed by atoms with E-state index in [-0.39, 0.29) is 34.4 Å². The van der Waals surface area contributed by atoms with Crippen molar-refractivity contribution in [2.45, 2.75) is 25.3 Å². The molecule has 120 valence electrons. The van der Waals surface area contributed by atoms with Gasteiger partial charge in [0.2, 0.25) is 0 Å². The summed E-state index contributed by atoms with van der Waals surface area (Å²) in [4.78, 5) is 12.4. The minimum atomic E-state index is -2.68. The van der Waals surface area contributed by atoms with Gasteiger partial charge in [-0.25, -0.2) is 13.6 Å². The lowest BCUT2D eigenvalue weighted by atomic mass is 10.0. The van der Waals surface area contributed by atoms with E-state index >= 15 is 0 Å². The lowest BCUT2D eigenvalue weighted by molar-refractivity contribution is 0.150. The number of nitrogens with one attached hydrogen (secondary N) is 1. The number of aromatic nitrogens is 2. The first-order valence-corrected chi connectivity index (χ1v) is 7.37. The molecule has 3 rings (SSSR count). The first-order chi connectivity index (χ1) is 10.4. The fourth-order valence-electron chi connectivity index (χ4n) is 3.43. The maximum Gasteiger partial charge on any atom is 0.407 e. The number of rotatable bonds is 3. The predicted molar refractivity (Wildman–Crippen MR) is 75.2 cm³/mol. The Morgan fingerprint density at radius 2 is 2.00 bits per heavy atom. The Bertz CT molecular complexity index is 575. The molecule has 9 heteroatoms. The van der Waals surface area contributed by atoms with Gasteiger partial charge >= 0.3 is 6.09 Å². The van der Waals surface area contributed by atoms with E-state index in [1.165, 1.54) is 4.90 Å². The number of alkyl halides is 2. The molecule has 2 aliphatic rings. The highest BCUT2D eigenvalue weighted by atomic mass is 35.5. The van der Waals surface area contributed by atoms with Gasteiger partial charge in [-0.3, -0.25) is 0 Å². The number of carbonyl (C=O) groups is 1. The van der Waals surface area contributed by atoms with Crippen LogP contribution in [0.3, 0.4) is 0 Å². The van der Waals surface area contributed by atoms with Crippen molar-refractivity contribution in [3.63, 3.8) is 0 Å². The molecule has 0 bridgehead atoms. The maximum atomic E-state index is 13.0. The van der Waals surface area contributed by atoms with Crippen molar-refractivity contribution in [1.82, 2.24) is 15.1 Å². The van der Waals surface area contributed by atoms with Crippen molar-refractivity contribution in [3.8, 4) is 0 Å². The Labute approximate surface area is 130 Å². The van der Waals surface area contributed by atoms with Gasteiger partial charge in [-0.05, 0) is 30.7 Å². The van der Waals surface area contributed by atoms with Gasteiger partial charge < -0.3 is 15.3 Å². The van der Waals surface area contributed by atoms with Crippen LogP contribution in [0.1, 0.15) is 24.8 Å². The molecular formula is C13H15ClF2N4O2. The van der Waals surface area contributed by atoms with Crippen LogP contribution in [0.4, 0.5) is 19.4 Å². The third kappa shape index (κ3) is 2.92. The van der Waals surface area contributed by atoms with Crippen LogP contribution in [-0.2, 0) is 0 Å². The van der Waals surface area contributed by atoms with Gasteiger partial charge in [0, 0.05) is 19.1 Å². The molecule has 1 saturated carbocycles. The van der Waals surface area contributed by atoms with E-state index in [2.05, 4.69) is 15.5 Å². The molecule has 22 heavy (non-hydrogen) atoms. The largest absolute Gasteiger partial charge is 0.465 e. The third-order valence-corrected chi connectivity index (χ3v) is 4.58. The fraction of sp³-hybridized carbons (Fsp3) is 0.615. The summed E-state index contributed by atoms with van der Waals surface area (Å²) in [6.45, 7) is 1.01. The standard InChI is InChI=1S/C13H15ClF2N4O2/c14-10-3-9(11(15)16)12(19-18-10)17-8-1-6-4-20(13(21)22)5-7(6)2-8/h3,6-8,11H,1-2,4-5H2,(H,17,19)(H,21,22)/t6-,7+,8+. The van der Waals surface area contributed by atoms with Gasteiger partial charge in [-0.15, -0.1) is 10.2 Å². The van der Waals surface area contributed by atoms with Gasteiger partial charge in [0.1, 0.15) is 0 Å². The van der Waals surface area contributed by atoms with E-state index in [0.717, 1.165) is 18.9 Å². The quantitative estimate of drug-likeness (QED) is 0.890. The first-order valence-electron chi connectivity index (χ1n) is 6.99. The second kappa shape index (κ2) is 5.83. The minimum absolute atomic E-state index is 0.001000. The number of fused-ring (bicyclic) bond motifs is 1. The van der Waals surface area contributed by atoms with E-state index in [1.54, 1.807) is 0 Å². The minimum Gasteiger partial charge on any atom is -0.465 e. The second-order valence-electron chi connectivity index (χ2n) is 5.79. The molecule has 2 fully saturated rings. The smallest absolute Gasteiger partial charge is 0.407 e. The molecule has 1 aliphatic carbocycles. The SMILES string of the molecule is O=C(O)N1C[C@H]2C[C@H](Nc3nnc(Cl)cc3C(F)F)C[C@H]2C1. The van der Waals surface area contributed by atoms with E-state index in [4.69, 9.17) is 16.7 Å².